The highest BCUT2D eigenvalue weighted by Gasteiger charge is 2.20. The van der Waals surface area contributed by atoms with E-state index in [4.69, 9.17) is 6.42 Å². The van der Waals surface area contributed by atoms with Gasteiger partial charge in [-0.1, -0.05) is 0 Å². The van der Waals surface area contributed by atoms with Crippen LogP contribution in [0.25, 0.3) is 0 Å². The Labute approximate surface area is 90.0 Å². The molecule has 0 aliphatic carbocycles. The quantitative estimate of drug-likeness (QED) is 0.527. The Kier molecular flexibility index (Phi) is 4.69. The zero-order valence-electron chi connectivity index (χ0n) is 8.79. The number of amides is 2. The van der Waals surface area contributed by atoms with Gasteiger partial charge < -0.3 is 10.2 Å². The van der Waals surface area contributed by atoms with Crippen molar-refractivity contribution in [3.05, 3.63) is 0 Å². The fourth-order valence-electron chi connectivity index (χ4n) is 1.51. The number of nitrogens with one attached hydrogen (secondary N) is 1. The fourth-order valence-corrected chi connectivity index (χ4v) is 1.51. The Hall–Kier alpha value is -1.50. The lowest BCUT2D eigenvalue weighted by Crippen LogP contribution is -2.49. The minimum atomic E-state index is -0.0711. The molecule has 0 bridgehead atoms. The van der Waals surface area contributed by atoms with Crippen LogP contribution >= 0.6 is 0 Å². The van der Waals surface area contributed by atoms with E-state index in [1.807, 2.05) is 0 Å². The van der Waals surface area contributed by atoms with Crippen molar-refractivity contribution in [1.82, 2.24) is 10.2 Å². The van der Waals surface area contributed by atoms with Crippen LogP contribution in [0.2, 0.25) is 0 Å². The monoisotopic (exact) mass is 208 g/mol. The highest BCUT2D eigenvalue weighted by Crippen LogP contribution is 2.04. The summed E-state index contributed by atoms with van der Waals surface area (Å²) in [5.41, 5.74) is 0. The van der Waals surface area contributed by atoms with Crippen molar-refractivity contribution < 1.29 is 9.59 Å². The summed E-state index contributed by atoms with van der Waals surface area (Å²) >= 11 is 0. The van der Waals surface area contributed by atoms with Gasteiger partial charge in [-0.3, -0.25) is 9.59 Å². The van der Waals surface area contributed by atoms with Crippen molar-refractivity contribution in [1.29, 1.82) is 0 Å². The summed E-state index contributed by atoms with van der Waals surface area (Å²) in [6, 6.07) is 0. The number of unbranched alkanes of at least 4 members (excludes halogenated alkanes) is 2. The van der Waals surface area contributed by atoms with Gasteiger partial charge in [-0.15, -0.1) is 12.3 Å². The first kappa shape index (κ1) is 11.6. The van der Waals surface area contributed by atoms with E-state index < -0.39 is 0 Å². The van der Waals surface area contributed by atoms with Crippen molar-refractivity contribution >= 4 is 11.8 Å². The second kappa shape index (κ2) is 6.07. The topological polar surface area (TPSA) is 49.4 Å². The van der Waals surface area contributed by atoms with Gasteiger partial charge in [0.25, 0.3) is 0 Å². The van der Waals surface area contributed by atoms with Gasteiger partial charge in [0, 0.05) is 25.9 Å². The number of rotatable bonds is 4. The van der Waals surface area contributed by atoms with E-state index in [1.54, 1.807) is 4.90 Å². The molecule has 2 amide bonds. The third kappa shape index (κ3) is 4.03. The van der Waals surface area contributed by atoms with E-state index in [0.29, 0.717) is 25.9 Å². The van der Waals surface area contributed by atoms with Crippen molar-refractivity contribution in [2.75, 3.05) is 19.6 Å². The second-order valence-corrected chi connectivity index (χ2v) is 3.58. The van der Waals surface area contributed by atoms with Crippen LogP contribution in [0.15, 0.2) is 0 Å². The molecule has 0 unspecified atom stereocenters. The molecular formula is C11H16N2O2. The predicted molar refractivity (Wildman–Crippen MR) is 56.9 cm³/mol. The lowest BCUT2D eigenvalue weighted by Gasteiger charge is -2.26. The van der Waals surface area contributed by atoms with E-state index in [1.165, 1.54) is 0 Å². The summed E-state index contributed by atoms with van der Waals surface area (Å²) in [4.78, 5) is 24.2. The first-order chi connectivity index (χ1) is 7.24. The molecule has 0 saturated carbocycles. The van der Waals surface area contributed by atoms with Crippen LogP contribution in [0, 0.1) is 12.3 Å². The molecule has 1 fully saturated rings. The number of hydrogen-bond donors (Lipinski definition) is 1. The standard InChI is InChI=1S/C11H16N2O2/c1-2-3-4-5-6-11(15)13-8-7-12-10(14)9-13/h1H,3-9H2,(H,12,14). The summed E-state index contributed by atoms with van der Waals surface area (Å²) in [6.45, 7) is 1.39. The fraction of sp³-hybridized carbons (Fsp3) is 0.636. The second-order valence-electron chi connectivity index (χ2n) is 3.58. The molecule has 1 rings (SSSR count). The third-order valence-corrected chi connectivity index (χ3v) is 2.35. The first-order valence-electron chi connectivity index (χ1n) is 5.22. The van der Waals surface area contributed by atoms with E-state index in [2.05, 4.69) is 11.2 Å². The number of hydrogen-bond acceptors (Lipinski definition) is 2. The van der Waals surface area contributed by atoms with Gasteiger partial charge in [0.2, 0.25) is 11.8 Å². The van der Waals surface area contributed by atoms with Crippen LogP contribution in [0.3, 0.4) is 0 Å². The smallest absolute Gasteiger partial charge is 0.239 e. The summed E-state index contributed by atoms with van der Waals surface area (Å²) in [7, 11) is 0. The molecule has 0 atom stereocenters. The predicted octanol–water partition coefficient (Wildman–Crippen LogP) is 0.138. The molecule has 1 N–H and O–H groups in total. The minimum Gasteiger partial charge on any atom is -0.353 e. The molecule has 0 aromatic carbocycles. The maximum absolute atomic E-state index is 11.6. The lowest BCUT2D eigenvalue weighted by molar-refractivity contribution is -0.138. The van der Waals surface area contributed by atoms with E-state index >= 15 is 0 Å². The van der Waals surface area contributed by atoms with Crippen LogP contribution in [-0.4, -0.2) is 36.3 Å². The Morgan fingerprint density at radius 3 is 3.00 bits per heavy atom. The van der Waals surface area contributed by atoms with Crippen LogP contribution in [0.5, 0.6) is 0 Å². The zero-order chi connectivity index (χ0) is 11.1. The van der Waals surface area contributed by atoms with Crippen LogP contribution in [0.4, 0.5) is 0 Å². The van der Waals surface area contributed by atoms with Gasteiger partial charge in [0.05, 0.1) is 6.54 Å². The Morgan fingerprint density at radius 2 is 2.33 bits per heavy atom. The minimum absolute atomic E-state index is 0.0573. The molecule has 0 radical (unpaired) electrons. The van der Waals surface area contributed by atoms with Gasteiger partial charge in [-0.05, 0) is 12.8 Å². The van der Waals surface area contributed by atoms with Crippen LogP contribution in [0.1, 0.15) is 25.7 Å². The molecule has 1 aliphatic heterocycles. The summed E-state index contributed by atoms with van der Waals surface area (Å²) in [5, 5.41) is 2.68. The molecule has 0 spiro atoms. The SMILES string of the molecule is C#CCCCCC(=O)N1CCNC(=O)C1. The number of piperazine rings is 1. The third-order valence-electron chi connectivity index (χ3n) is 2.35. The van der Waals surface area contributed by atoms with E-state index in [0.717, 1.165) is 12.8 Å². The normalized spacial score (nSPS) is 15.7. The first-order valence-corrected chi connectivity index (χ1v) is 5.22. The largest absolute Gasteiger partial charge is 0.353 e. The van der Waals surface area contributed by atoms with Crippen LogP contribution in [-0.2, 0) is 9.59 Å². The molecule has 82 valence electrons. The molecule has 1 aliphatic rings. The molecule has 15 heavy (non-hydrogen) atoms. The highest BCUT2D eigenvalue weighted by atomic mass is 16.2. The number of terminal acetylenes is 1. The van der Waals surface area contributed by atoms with E-state index in [9.17, 15) is 9.59 Å². The maximum Gasteiger partial charge on any atom is 0.239 e. The molecule has 1 heterocycles. The average molecular weight is 208 g/mol. The van der Waals surface area contributed by atoms with Crippen molar-refractivity contribution in [3.63, 3.8) is 0 Å². The summed E-state index contributed by atoms with van der Waals surface area (Å²) in [5.74, 6) is 2.53. The lowest BCUT2D eigenvalue weighted by atomic mass is 10.2. The van der Waals surface area contributed by atoms with Crippen LogP contribution < -0.4 is 5.32 Å². The summed E-state index contributed by atoms with van der Waals surface area (Å²) in [6.07, 6.45) is 8.00. The molecule has 0 aromatic heterocycles. The van der Waals surface area contributed by atoms with Crippen molar-refractivity contribution in [3.8, 4) is 12.3 Å². The number of carbonyl (C=O) groups is 2. The molecule has 1 saturated heterocycles. The number of carbonyl (C=O) groups excluding carboxylic acids is 2. The maximum atomic E-state index is 11.6. The van der Waals surface area contributed by atoms with Gasteiger partial charge in [0.15, 0.2) is 0 Å². The molecule has 4 heteroatoms. The average Bonchev–Trinajstić information content (AvgIpc) is 2.24. The van der Waals surface area contributed by atoms with Gasteiger partial charge in [0.1, 0.15) is 0 Å². The highest BCUT2D eigenvalue weighted by molar-refractivity contribution is 5.85. The molecule has 0 aromatic rings. The Bertz CT molecular complexity index is 281. The molecule has 4 nitrogen and oxygen atoms in total. The summed E-state index contributed by atoms with van der Waals surface area (Å²) < 4.78 is 0. The Balaban J connectivity index is 2.21. The van der Waals surface area contributed by atoms with Crippen molar-refractivity contribution in [2.45, 2.75) is 25.7 Å². The van der Waals surface area contributed by atoms with Gasteiger partial charge in [-0.2, -0.15) is 0 Å². The van der Waals surface area contributed by atoms with Crippen molar-refractivity contribution in [2.24, 2.45) is 0 Å². The molecular weight excluding hydrogens is 192 g/mol. The Morgan fingerprint density at radius 1 is 1.53 bits per heavy atom. The number of nitrogens with zero attached hydrogens (tertiary/aromatic N) is 1. The van der Waals surface area contributed by atoms with E-state index in [-0.39, 0.29) is 18.4 Å². The van der Waals surface area contributed by atoms with Gasteiger partial charge >= 0.3 is 0 Å². The zero-order valence-corrected chi connectivity index (χ0v) is 8.79. The van der Waals surface area contributed by atoms with Gasteiger partial charge in [-0.25, -0.2) is 0 Å².